The van der Waals surface area contributed by atoms with Crippen LogP contribution in [0.4, 0.5) is 0 Å². The number of hydrogen-bond acceptors (Lipinski definition) is 5. The summed E-state index contributed by atoms with van der Waals surface area (Å²) in [5.41, 5.74) is 5.07. The van der Waals surface area contributed by atoms with Crippen molar-refractivity contribution in [3.63, 3.8) is 0 Å². The molecule has 0 saturated carbocycles. The monoisotopic (exact) mass is 134 g/mol. The highest BCUT2D eigenvalue weighted by Gasteiger charge is 2.08. The topological polar surface area (TPSA) is 78.1 Å². The summed E-state index contributed by atoms with van der Waals surface area (Å²) in [5.74, 6) is 0. The van der Waals surface area contributed by atoms with E-state index in [0.717, 1.165) is 23.6 Å². The summed E-state index contributed by atoms with van der Waals surface area (Å²) in [7, 11) is 1.45. The van der Waals surface area contributed by atoms with E-state index in [1.165, 1.54) is 7.31 Å². The van der Waals surface area contributed by atoms with Gasteiger partial charge in [-0.2, -0.15) is 0 Å². The molecule has 3 nitrogen and oxygen atoms in total. The van der Waals surface area contributed by atoms with Gasteiger partial charge in [-0.15, -0.1) is 23.6 Å². The summed E-state index contributed by atoms with van der Waals surface area (Å²) in [6.45, 7) is 0. The second-order valence-corrected chi connectivity index (χ2v) is 2.69. The molecule has 39 valence electrons. The molecule has 7 heteroatoms. The Bertz CT molecular complexity index is 32.4. The third kappa shape index (κ3) is 3.31. The molecule has 0 aromatic heterocycles. The molecule has 6 N–H and O–H groups in total. The van der Waals surface area contributed by atoms with Crippen LogP contribution in [0.2, 0.25) is 0 Å². The van der Waals surface area contributed by atoms with Gasteiger partial charge < -0.3 is 5.64 Å². The van der Waals surface area contributed by atoms with Crippen molar-refractivity contribution in [3.05, 3.63) is 0 Å². The van der Waals surface area contributed by atoms with Gasteiger partial charge in [0.1, 0.15) is 0 Å². The van der Waals surface area contributed by atoms with Gasteiger partial charge in [0.15, 0.2) is 7.31 Å². The second-order valence-electron chi connectivity index (χ2n) is 0.833. The third-order valence-corrected chi connectivity index (χ3v) is 1.94. The molecule has 0 aliphatic carbocycles. The van der Waals surface area contributed by atoms with Gasteiger partial charge in [0.2, 0.25) is 0 Å². The van der Waals surface area contributed by atoms with Crippen molar-refractivity contribution in [2.24, 2.45) is 15.9 Å². The lowest BCUT2D eigenvalue weighted by Crippen LogP contribution is -2.26. The maximum atomic E-state index is 5.10. The van der Waals surface area contributed by atoms with Gasteiger partial charge in [-0.3, -0.25) is 10.3 Å². The smallest absolute Gasteiger partial charge is 0.289 e. The van der Waals surface area contributed by atoms with Crippen molar-refractivity contribution >= 4 is 36.1 Å². The van der Waals surface area contributed by atoms with Crippen LogP contribution in [0.25, 0.3) is 0 Å². The Balaban J connectivity index is 2.99. The Hall–Kier alpha value is 0.710. The van der Waals surface area contributed by atoms with E-state index in [-0.39, 0.29) is 5.16 Å². The lowest BCUT2D eigenvalue weighted by molar-refractivity contribution is 1.97. The largest absolute Gasteiger partial charge is 0.379 e. The Morgan fingerprint density at radius 1 is 1.29 bits per heavy atom. The molecule has 0 heterocycles. The summed E-state index contributed by atoms with van der Waals surface area (Å²) in [4.78, 5) is 0. The fourth-order valence-corrected chi connectivity index (χ4v) is 0.561. The van der Waals surface area contributed by atoms with Crippen LogP contribution < -0.4 is 15.9 Å². The zero-order valence-corrected chi connectivity index (χ0v) is 5.34. The first-order valence-corrected chi connectivity index (χ1v) is 3.50. The second kappa shape index (κ2) is 4.86. The molecule has 0 bridgehead atoms. The van der Waals surface area contributed by atoms with Crippen molar-refractivity contribution < 1.29 is 0 Å². The van der Waals surface area contributed by atoms with E-state index in [2.05, 4.69) is 0 Å². The van der Waals surface area contributed by atoms with Crippen LogP contribution in [0.3, 0.4) is 0 Å². The fraction of sp³-hybridized carbons (Fsp3) is 0. The maximum Gasteiger partial charge on any atom is 0.289 e. The summed E-state index contributed by atoms with van der Waals surface area (Å²) in [6, 6.07) is 0. The van der Waals surface area contributed by atoms with Crippen LogP contribution in [0, 0.1) is 0 Å². The standard InChI is InChI=1S/B2H6N3S2/c3-1-2(6-4)7-5/h3-5H2. The van der Waals surface area contributed by atoms with Gasteiger partial charge >= 0.3 is 0 Å². The Morgan fingerprint density at radius 3 is 1.71 bits per heavy atom. The van der Waals surface area contributed by atoms with Gasteiger partial charge in [0.25, 0.3) is 5.16 Å². The average molecular weight is 134 g/mol. The molecule has 0 amide bonds. The van der Waals surface area contributed by atoms with E-state index < -0.39 is 0 Å². The van der Waals surface area contributed by atoms with Crippen LogP contribution in [0.1, 0.15) is 0 Å². The quantitative estimate of drug-likeness (QED) is 0.332. The molecule has 0 unspecified atom stereocenters. The number of hydrogen-bond donors (Lipinski definition) is 3. The van der Waals surface area contributed by atoms with Crippen molar-refractivity contribution in [1.29, 1.82) is 0 Å². The minimum atomic E-state index is 0.0278. The van der Waals surface area contributed by atoms with Crippen LogP contribution in [-0.2, 0) is 0 Å². The molecule has 1 radical (unpaired) electrons. The minimum absolute atomic E-state index is 0.0278. The molecule has 0 atom stereocenters. The van der Waals surface area contributed by atoms with Gasteiger partial charge in [0.05, 0.1) is 0 Å². The normalized spacial score (nSPS) is 8.43. The lowest BCUT2D eigenvalue weighted by Gasteiger charge is -1.97. The zero-order valence-electron chi connectivity index (χ0n) is 3.70. The number of nitrogens with two attached hydrogens (primary N) is 3. The predicted octanol–water partition coefficient (Wildman–Crippen LogP) is -1.24. The summed E-state index contributed by atoms with van der Waals surface area (Å²) >= 11 is 2.25. The van der Waals surface area contributed by atoms with E-state index in [4.69, 9.17) is 15.9 Å². The highest BCUT2D eigenvalue weighted by atomic mass is 32.2. The molecule has 0 saturated heterocycles. The zero-order chi connectivity index (χ0) is 5.70. The fourth-order valence-electron chi connectivity index (χ4n) is 0.123. The summed E-state index contributed by atoms with van der Waals surface area (Å²) in [6.07, 6.45) is 0. The first-order valence-electron chi connectivity index (χ1n) is 1.61. The van der Waals surface area contributed by atoms with Crippen LogP contribution in [-0.4, -0.2) is 12.5 Å². The van der Waals surface area contributed by atoms with Crippen LogP contribution >= 0.6 is 23.6 Å². The Labute approximate surface area is 52.5 Å². The van der Waals surface area contributed by atoms with Crippen molar-refractivity contribution in [3.8, 4) is 0 Å². The van der Waals surface area contributed by atoms with Crippen molar-refractivity contribution in [2.45, 2.75) is 0 Å². The molecule has 0 aromatic carbocycles. The molecular weight excluding hydrogens is 128 g/mol. The molecule has 0 fully saturated rings. The van der Waals surface area contributed by atoms with E-state index in [1.54, 1.807) is 0 Å². The molecule has 0 aromatic rings. The van der Waals surface area contributed by atoms with Gasteiger partial charge in [-0.05, 0) is 0 Å². The van der Waals surface area contributed by atoms with Crippen LogP contribution in [0.15, 0.2) is 0 Å². The highest BCUT2D eigenvalue weighted by molar-refractivity contribution is 8.57. The van der Waals surface area contributed by atoms with E-state index >= 15 is 0 Å². The molecule has 0 spiro atoms. The first-order chi connectivity index (χ1) is 3.35. The third-order valence-electron chi connectivity index (χ3n) is 0.425. The SMILES string of the molecule is N[B]B(SN)SN. The molecule has 0 rings (SSSR count). The average Bonchev–Trinajstić information content (AvgIpc) is 1.72. The van der Waals surface area contributed by atoms with Gasteiger partial charge in [0, 0.05) is 0 Å². The maximum absolute atomic E-state index is 5.10. The van der Waals surface area contributed by atoms with Gasteiger partial charge in [-0.25, -0.2) is 0 Å². The molecule has 0 aliphatic heterocycles. The lowest BCUT2D eigenvalue weighted by atomic mass is 9.65. The van der Waals surface area contributed by atoms with E-state index in [0.29, 0.717) is 0 Å². The summed E-state index contributed by atoms with van der Waals surface area (Å²) < 4.78 is 0. The van der Waals surface area contributed by atoms with Gasteiger partial charge in [-0.1, -0.05) is 0 Å². The van der Waals surface area contributed by atoms with Crippen molar-refractivity contribution in [1.82, 2.24) is 0 Å². The van der Waals surface area contributed by atoms with E-state index in [1.807, 2.05) is 0 Å². The van der Waals surface area contributed by atoms with E-state index in [9.17, 15) is 0 Å². The number of rotatable bonds is 3. The molecule has 7 heavy (non-hydrogen) atoms. The first kappa shape index (κ1) is 7.71. The predicted molar refractivity (Wildman–Crippen MR) is 39.3 cm³/mol. The Kier molecular flexibility index (Phi) is 5.35. The highest BCUT2D eigenvalue weighted by Crippen LogP contribution is 2.02. The Morgan fingerprint density at radius 2 is 1.71 bits per heavy atom. The summed E-state index contributed by atoms with van der Waals surface area (Å²) in [5, 5.41) is 10.2. The van der Waals surface area contributed by atoms with Crippen molar-refractivity contribution in [2.75, 3.05) is 0 Å². The molecule has 0 aliphatic rings. The van der Waals surface area contributed by atoms with Crippen LogP contribution in [0.5, 0.6) is 0 Å². The molecular formula is H6B2N3S2. The minimum Gasteiger partial charge on any atom is -0.379 e.